The van der Waals surface area contributed by atoms with Gasteiger partial charge in [-0.3, -0.25) is 4.68 Å². The number of aryl methyl sites for hydroxylation is 1. The minimum Gasteiger partial charge on any atom is -0.319 e. The highest BCUT2D eigenvalue weighted by Crippen LogP contribution is 2.27. The molecule has 0 fully saturated rings. The highest BCUT2D eigenvalue weighted by molar-refractivity contribution is 9.10. The molecular weight excluding hydrogens is 297 g/mol. The van der Waals surface area contributed by atoms with Crippen LogP contribution < -0.4 is 5.32 Å². The third-order valence-electron chi connectivity index (χ3n) is 2.73. The fraction of sp³-hybridized carbons (Fsp3) is 0.308. The van der Waals surface area contributed by atoms with Crippen LogP contribution in [0, 0.1) is 5.82 Å². The van der Waals surface area contributed by atoms with E-state index in [0.717, 1.165) is 23.0 Å². The molecule has 0 bridgehead atoms. The van der Waals surface area contributed by atoms with E-state index in [1.54, 1.807) is 16.8 Å². The quantitative estimate of drug-likeness (QED) is 0.941. The molecule has 0 saturated carbocycles. The summed E-state index contributed by atoms with van der Waals surface area (Å²) in [5.41, 5.74) is 2.30. The van der Waals surface area contributed by atoms with Crippen LogP contribution in [-0.2, 0) is 13.5 Å². The molecule has 0 aliphatic carbocycles. The summed E-state index contributed by atoms with van der Waals surface area (Å²) in [6, 6.07) is 4.91. The van der Waals surface area contributed by atoms with Gasteiger partial charge in [-0.1, -0.05) is 15.9 Å². The summed E-state index contributed by atoms with van der Waals surface area (Å²) in [6.45, 7) is 0.842. The van der Waals surface area contributed by atoms with Crippen molar-refractivity contribution in [3.05, 3.63) is 40.2 Å². The Balaban J connectivity index is 2.45. The maximum Gasteiger partial charge on any atom is 0.132 e. The van der Waals surface area contributed by atoms with Crippen LogP contribution >= 0.6 is 15.9 Å². The summed E-state index contributed by atoms with van der Waals surface area (Å²) < 4.78 is 16.5. The SMILES string of the molecule is CNCCc1cn(C)nc1-c1cc(Br)ccc1F. The van der Waals surface area contributed by atoms with Gasteiger partial charge in [-0.2, -0.15) is 5.10 Å². The highest BCUT2D eigenvalue weighted by Gasteiger charge is 2.14. The van der Waals surface area contributed by atoms with Gasteiger partial charge in [0, 0.05) is 23.3 Å². The van der Waals surface area contributed by atoms with Crippen molar-refractivity contribution in [1.82, 2.24) is 15.1 Å². The normalized spacial score (nSPS) is 10.9. The van der Waals surface area contributed by atoms with E-state index in [4.69, 9.17) is 0 Å². The van der Waals surface area contributed by atoms with Crippen molar-refractivity contribution in [2.45, 2.75) is 6.42 Å². The Hall–Kier alpha value is -1.20. The second-order valence-corrected chi connectivity index (χ2v) is 5.07. The number of nitrogens with one attached hydrogen (secondary N) is 1. The van der Waals surface area contributed by atoms with E-state index < -0.39 is 0 Å². The molecule has 0 aliphatic heterocycles. The first-order valence-electron chi connectivity index (χ1n) is 5.74. The third kappa shape index (κ3) is 2.79. The van der Waals surface area contributed by atoms with Gasteiger partial charge in [0.1, 0.15) is 5.82 Å². The molecule has 0 amide bonds. The molecule has 2 rings (SSSR count). The van der Waals surface area contributed by atoms with Gasteiger partial charge in [-0.15, -0.1) is 0 Å². The molecule has 0 saturated heterocycles. The fourth-order valence-corrected chi connectivity index (χ4v) is 2.25. The smallest absolute Gasteiger partial charge is 0.132 e. The fourth-order valence-electron chi connectivity index (χ4n) is 1.89. The van der Waals surface area contributed by atoms with Crippen LogP contribution in [0.2, 0.25) is 0 Å². The third-order valence-corrected chi connectivity index (χ3v) is 3.23. The lowest BCUT2D eigenvalue weighted by molar-refractivity contribution is 0.629. The second kappa shape index (κ2) is 5.63. The topological polar surface area (TPSA) is 29.9 Å². The van der Waals surface area contributed by atoms with Crippen molar-refractivity contribution in [2.24, 2.45) is 7.05 Å². The van der Waals surface area contributed by atoms with Gasteiger partial charge in [-0.05, 0) is 43.8 Å². The van der Waals surface area contributed by atoms with Crippen molar-refractivity contribution >= 4 is 15.9 Å². The van der Waals surface area contributed by atoms with E-state index in [-0.39, 0.29) is 5.82 Å². The Kier molecular flexibility index (Phi) is 4.14. The summed E-state index contributed by atoms with van der Waals surface area (Å²) in [5.74, 6) is -0.248. The molecule has 96 valence electrons. The summed E-state index contributed by atoms with van der Waals surface area (Å²) >= 11 is 3.36. The zero-order valence-corrected chi connectivity index (χ0v) is 12.0. The Bertz CT molecular complexity index is 551. The standard InChI is InChI=1S/C13H15BrFN3/c1-16-6-5-9-8-18(2)17-13(9)11-7-10(14)3-4-12(11)15/h3-4,7-8,16H,5-6H2,1-2H3. The Morgan fingerprint density at radius 3 is 2.94 bits per heavy atom. The lowest BCUT2D eigenvalue weighted by Crippen LogP contribution is -2.10. The lowest BCUT2D eigenvalue weighted by atomic mass is 10.1. The molecule has 0 spiro atoms. The number of nitrogens with zero attached hydrogens (tertiary/aromatic N) is 2. The van der Waals surface area contributed by atoms with Crippen LogP contribution in [0.15, 0.2) is 28.9 Å². The van der Waals surface area contributed by atoms with Crippen molar-refractivity contribution < 1.29 is 4.39 Å². The molecule has 1 N–H and O–H groups in total. The van der Waals surface area contributed by atoms with Crippen LogP contribution in [0.3, 0.4) is 0 Å². The van der Waals surface area contributed by atoms with Crippen molar-refractivity contribution in [3.63, 3.8) is 0 Å². The molecule has 18 heavy (non-hydrogen) atoms. The van der Waals surface area contributed by atoms with E-state index >= 15 is 0 Å². The highest BCUT2D eigenvalue weighted by atomic mass is 79.9. The zero-order valence-electron chi connectivity index (χ0n) is 10.4. The maximum atomic E-state index is 13.9. The molecule has 0 aliphatic rings. The van der Waals surface area contributed by atoms with Gasteiger partial charge in [0.25, 0.3) is 0 Å². The number of halogens is 2. The molecular formula is C13H15BrFN3. The van der Waals surface area contributed by atoms with Gasteiger partial charge in [0.15, 0.2) is 0 Å². The summed E-state index contributed by atoms with van der Waals surface area (Å²) in [4.78, 5) is 0. The second-order valence-electron chi connectivity index (χ2n) is 4.15. The van der Waals surface area contributed by atoms with E-state index in [2.05, 4.69) is 26.3 Å². The van der Waals surface area contributed by atoms with E-state index in [1.165, 1.54) is 6.07 Å². The van der Waals surface area contributed by atoms with Crippen molar-refractivity contribution in [2.75, 3.05) is 13.6 Å². The van der Waals surface area contributed by atoms with Crippen LogP contribution in [0.5, 0.6) is 0 Å². The zero-order chi connectivity index (χ0) is 13.1. The number of hydrogen-bond acceptors (Lipinski definition) is 2. The number of hydrogen-bond donors (Lipinski definition) is 1. The first-order valence-corrected chi connectivity index (χ1v) is 6.53. The largest absolute Gasteiger partial charge is 0.319 e. The van der Waals surface area contributed by atoms with Gasteiger partial charge >= 0.3 is 0 Å². The van der Waals surface area contributed by atoms with Crippen LogP contribution in [0.25, 0.3) is 11.3 Å². The number of likely N-dealkylation sites (N-methyl/N-ethyl adjacent to an activating group) is 1. The van der Waals surface area contributed by atoms with Gasteiger partial charge in [0.2, 0.25) is 0 Å². The average molecular weight is 312 g/mol. The van der Waals surface area contributed by atoms with Crippen molar-refractivity contribution in [3.8, 4) is 11.3 Å². The van der Waals surface area contributed by atoms with Gasteiger partial charge < -0.3 is 5.32 Å². The van der Waals surface area contributed by atoms with Crippen molar-refractivity contribution in [1.29, 1.82) is 0 Å². The summed E-state index contributed by atoms with van der Waals surface area (Å²) in [7, 11) is 3.75. The Morgan fingerprint density at radius 2 is 2.22 bits per heavy atom. The summed E-state index contributed by atoms with van der Waals surface area (Å²) in [5, 5.41) is 7.45. The van der Waals surface area contributed by atoms with E-state index in [0.29, 0.717) is 11.3 Å². The Morgan fingerprint density at radius 1 is 1.44 bits per heavy atom. The predicted octanol–water partition coefficient (Wildman–Crippen LogP) is 2.75. The molecule has 0 radical (unpaired) electrons. The molecule has 1 aromatic carbocycles. The minimum absolute atomic E-state index is 0.248. The number of benzene rings is 1. The number of rotatable bonds is 4. The molecule has 0 atom stereocenters. The number of aromatic nitrogens is 2. The molecule has 0 unspecified atom stereocenters. The molecule has 3 nitrogen and oxygen atoms in total. The maximum absolute atomic E-state index is 13.9. The first-order chi connectivity index (χ1) is 8.61. The van der Waals surface area contributed by atoms with E-state index in [1.807, 2.05) is 20.3 Å². The first kappa shape index (κ1) is 13.2. The molecule has 2 aromatic rings. The van der Waals surface area contributed by atoms with Gasteiger partial charge in [-0.25, -0.2) is 4.39 Å². The van der Waals surface area contributed by atoms with Crippen LogP contribution in [0.4, 0.5) is 4.39 Å². The average Bonchev–Trinajstić information content (AvgIpc) is 2.71. The molecule has 1 aromatic heterocycles. The minimum atomic E-state index is -0.248. The molecule has 5 heteroatoms. The molecule has 1 heterocycles. The monoisotopic (exact) mass is 311 g/mol. The van der Waals surface area contributed by atoms with Gasteiger partial charge in [0.05, 0.1) is 5.69 Å². The Labute approximate surface area is 114 Å². The van der Waals surface area contributed by atoms with Crippen LogP contribution in [-0.4, -0.2) is 23.4 Å². The van der Waals surface area contributed by atoms with E-state index in [9.17, 15) is 4.39 Å². The summed E-state index contributed by atoms with van der Waals surface area (Å²) in [6.07, 6.45) is 2.76. The predicted molar refractivity (Wildman–Crippen MR) is 73.9 cm³/mol. The lowest BCUT2D eigenvalue weighted by Gasteiger charge is -2.04. The van der Waals surface area contributed by atoms with Crippen LogP contribution in [0.1, 0.15) is 5.56 Å².